The van der Waals surface area contributed by atoms with Crippen molar-refractivity contribution in [3.8, 4) is 0 Å². The molecule has 0 aliphatic carbocycles. The maximum absolute atomic E-state index is 9.85. The van der Waals surface area contributed by atoms with Crippen LogP contribution in [0.15, 0.2) is 4.36 Å². The predicted molar refractivity (Wildman–Crippen MR) is 27.0 cm³/mol. The molecule has 0 aliphatic rings. The molecule has 0 atom stereocenters. The van der Waals surface area contributed by atoms with Crippen LogP contribution < -0.4 is 5.32 Å². The van der Waals surface area contributed by atoms with Crippen LogP contribution in [0.5, 0.6) is 0 Å². The van der Waals surface area contributed by atoms with Crippen LogP contribution in [0.1, 0.15) is 0 Å². The van der Waals surface area contributed by atoms with Gasteiger partial charge in [0.25, 0.3) is 0 Å². The van der Waals surface area contributed by atoms with Gasteiger partial charge in [-0.25, -0.2) is 4.79 Å². The van der Waals surface area contributed by atoms with E-state index in [0.717, 1.165) is 0 Å². The van der Waals surface area contributed by atoms with Crippen molar-refractivity contribution in [1.82, 2.24) is 5.32 Å². The van der Waals surface area contributed by atoms with Crippen molar-refractivity contribution in [2.24, 2.45) is 4.36 Å². The minimum absolute atomic E-state index is 0.369. The summed E-state index contributed by atoms with van der Waals surface area (Å²) < 4.78 is 3.06. The van der Waals surface area contributed by atoms with Gasteiger partial charge in [-0.15, -0.1) is 12.4 Å². The predicted octanol–water partition coefficient (Wildman–Crippen LogP) is -0.479. The van der Waals surface area contributed by atoms with Crippen LogP contribution in [-0.4, -0.2) is 13.1 Å². The smallest absolute Gasteiger partial charge is 0.339 e. The van der Waals surface area contributed by atoms with E-state index < -0.39 is 0 Å². The van der Waals surface area contributed by atoms with Gasteiger partial charge in [0, 0.05) is 7.05 Å². The lowest BCUT2D eigenvalue weighted by Crippen LogP contribution is -2.11. The van der Waals surface area contributed by atoms with Gasteiger partial charge < -0.3 is 5.32 Å². The summed E-state index contributed by atoms with van der Waals surface area (Å²) in [4.78, 5) is 9.85. The minimum Gasteiger partial charge on any atom is -0.339 e. The number of carbonyl (C=O) groups excluding carboxylic acids is 1. The Kier molecular flexibility index (Phi) is 2.66. The van der Waals surface area contributed by atoms with Gasteiger partial charge in [-0.3, -0.25) is 0 Å². The topological polar surface area (TPSA) is 41.5 Å². The van der Waals surface area contributed by atoms with Crippen molar-refractivity contribution in [2.45, 2.75) is 0 Å². The zero-order chi connectivity index (χ0) is 4.99. The van der Waals surface area contributed by atoms with Gasteiger partial charge >= 0.3 is 6.03 Å². The maximum Gasteiger partial charge on any atom is 0.346 e. The van der Waals surface area contributed by atoms with Crippen molar-refractivity contribution in [3.05, 3.63) is 0 Å². The van der Waals surface area contributed by atoms with E-state index in [4.69, 9.17) is 0 Å². The van der Waals surface area contributed by atoms with Crippen molar-refractivity contribution in [2.75, 3.05) is 7.05 Å². The summed E-state index contributed by atoms with van der Waals surface area (Å²) in [5.74, 6) is 0. The highest BCUT2D eigenvalue weighted by atomic mass is 32.1. The molecular formula is C2H6N2OS. The monoisotopic (exact) mass is 106 g/mol. The molecule has 0 bridgehead atoms. The van der Waals surface area contributed by atoms with Gasteiger partial charge in [0.15, 0.2) is 0 Å². The SMILES string of the molecule is CNC(=O)N=[SH2]. The molecule has 3 nitrogen and oxygen atoms in total. The average molecular weight is 106 g/mol. The van der Waals surface area contributed by atoms with Gasteiger partial charge in [0.05, 0.1) is 0 Å². The number of nitrogens with zero attached hydrogens (tertiary/aromatic N) is 1. The molecule has 0 saturated carbocycles. The Morgan fingerprint density at radius 2 is 2.50 bits per heavy atom. The summed E-state index contributed by atoms with van der Waals surface area (Å²) in [6.07, 6.45) is 0. The second-order valence-electron chi connectivity index (χ2n) is 0.667. The summed E-state index contributed by atoms with van der Waals surface area (Å²) in [5, 5.41) is 2.26. The van der Waals surface area contributed by atoms with E-state index >= 15 is 0 Å². The van der Waals surface area contributed by atoms with Crippen LogP contribution in [0.2, 0.25) is 0 Å². The average Bonchev–Trinajstić information content (AvgIpc) is 1.65. The zero-order valence-corrected chi connectivity index (χ0v) is 4.36. The molecule has 6 heavy (non-hydrogen) atoms. The van der Waals surface area contributed by atoms with Crippen LogP contribution >= 0.6 is 0 Å². The van der Waals surface area contributed by atoms with E-state index in [-0.39, 0.29) is 6.03 Å². The lowest BCUT2D eigenvalue weighted by Gasteiger charge is -1.81. The number of carbonyl (C=O) groups is 1. The normalized spacial score (nSPS) is 7.00. The molecule has 0 unspecified atom stereocenters. The number of nitrogens with one attached hydrogen (secondary N) is 1. The third-order valence-corrected chi connectivity index (χ3v) is 0.519. The standard InChI is InChI=1S/C2H6N2OS/c1-3-2(5)4-6/h6H2,1H3,(H,3,5). The highest BCUT2D eigenvalue weighted by Gasteiger charge is 1.80. The first-order valence-corrected chi connectivity index (χ1v) is 1.85. The summed E-state index contributed by atoms with van der Waals surface area (Å²) in [7, 11) is 1.51. The molecule has 0 aliphatic heterocycles. The lowest BCUT2D eigenvalue weighted by atomic mass is 11.0. The molecule has 36 valence electrons. The zero-order valence-electron chi connectivity index (χ0n) is 3.36. The summed E-state index contributed by atoms with van der Waals surface area (Å²) in [6, 6.07) is -0.369. The number of hydrogen-bond acceptors (Lipinski definition) is 1. The summed E-state index contributed by atoms with van der Waals surface area (Å²) >= 11 is 2.63. The third-order valence-electron chi connectivity index (χ3n) is 0.315. The Balaban J connectivity index is 3.23. The molecule has 0 heterocycles. The second-order valence-corrected chi connectivity index (χ2v) is 0.891. The Morgan fingerprint density at radius 1 is 2.00 bits per heavy atom. The number of urea groups is 1. The Morgan fingerprint density at radius 3 is 2.50 bits per heavy atom. The number of amides is 2. The van der Waals surface area contributed by atoms with Crippen molar-refractivity contribution in [3.63, 3.8) is 0 Å². The van der Waals surface area contributed by atoms with Gasteiger partial charge in [0.2, 0.25) is 0 Å². The quantitative estimate of drug-likeness (QED) is 0.445. The lowest BCUT2D eigenvalue weighted by molar-refractivity contribution is 0.251. The van der Waals surface area contributed by atoms with E-state index in [1.165, 1.54) is 7.05 Å². The van der Waals surface area contributed by atoms with Crippen LogP contribution in [-0.2, 0) is 12.4 Å². The molecule has 4 heteroatoms. The van der Waals surface area contributed by atoms with Gasteiger partial charge in [0.1, 0.15) is 0 Å². The molecule has 0 aromatic rings. The van der Waals surface area contributed by atoms with Gasteiger partial charge in [-0.2, -0.15) is 4.36 Å². The van der Waals surface area contributed by atoms with Gasteiger partial charge in [-0.1, -0.05) is 0 Å². The van der Waals surface area contributed by atoms with Crippen LogP contribution in [0.4, 0.5) is 4.79 Å². The Bertz CT molecular complexity index is 71.9. The Labute approximate surface area is 40.9 Å². The molecule has 2 amide bonds. The first kappa shape index (κ1) is 5.62. The van der Waals surface area contributed by atoms with E-state index in [2.05, 4.69) is 22.1 Å². The van der Waals surface area contributed by atoms with E-state index in [1.54, 1.807) is 0 Å². The summed E-state index contributed by atoms with van der Waals surface area (Å²) in [5.41, 5.74) is 0. The van der Waals surface area contributed by atoms with E-state index in [0.29, 0.717) is 0 Å². The number of hydrogen-bond donors (Lipinski definition) is 1. The molecule has 0 rings (SSSR count). The highest BCUT2D eigenvalue weighted by molar-refractivity contribution is 7.47. The summed E-state index contributed by atoms with van der Waals surface area (Å²) in [6.45, 7) is 0. The molecule has 0 aromatic carbocycles. The minimum atomic E-state index is -0.369. The van der Waals surface area contributed by atoms with Crippen LogP contribution in [0.25, 0.3) is 0 Å². The maximum atomic E-state index is 9.85. The van der Waals surface area contributed by atoms with Crippen LogP contribution in [0, 0.1) is 0 Å². The van der Waals surface area contributed by atoms with Crippen LogP contribution in [0.3, 0.4) is 0 Å². The molecule has 1 N–H and O–H groups in total. The van der Waals surface area contributed by atoms with Gasteiger partial charge in [-0.05, 0) is 0 Å². The number of rotatable bonds is 0. The van der Waals surface area contributed by atoms with Crippen molar-refractivity contribution >= 4 is 18.5 Å². The third kappa shape index (κ3) is 1.90. The molecule has 0 saturated heterocycles. The largest absolute Gasteiger partial charge is 0.346 e. The highest BCUT2D eigenvalue weighted by Crippen LogP contribution is 1.62. The molecule has 0 radical (unpaired) electrons. The molecular weight excluding hydrogens is 100 g/mol. The first-order chi connectivity index (χ1) is 2.81. The Hall–Kier alpha value is -0.380. The fourth-order valence-corrected chi connectivity index (χ4v) is 0.168. The first-order valence-electron chi connectivity index (χ1n) is 1.40. The van der Waals surface area contributed by atoms with Crippen molar-refractivity contribution < 1.29 is 4.79 Å². The molecule has 0 fully saturated rings. The van der Waals surface area contributed by atoms with E-state index in [9.17, 15) is 4.79 Å². The second kappa shape index (κ2) is 2.84. The molecule has 0 spiro atoms. The molecule has 0 aromatic heterocycles. The fraction of sp³-hybridized carbons (Fsp3) is 0.500. The van der Waals surface area contributed by atoms with Crippen molar-refractivity contribution in [1.29, 1.82) is 0 Å². The fourth-order valence-electron chi connectivity index (χ4n) is 0.0559. The van der Waals surface area contributed by atoms with E-state index in [1.807, 2.05) is 0 Å².